The van der Waals surface area contributed by atoms with Gasteiger partial charge in [-0.25, -0.2) is 4.39 Å². The van der Waals surface area contributed by atoms with Gasteiger partial charge in [-0.05, 0) is 45.2 Å². The second-order valence-corrected chi connectivity index (χ2v) is 6.42. The number of hydrogen-bond donors (Lipinski definition) is 3. The van der Waals surface area contributed by atoms with Crippen molar-refractivity contribution in [3.8, 4) is 0 Å². The van der Waals surface area contributed by atoms with E-state index in [9.17, 15) is 4.39 Å². The number of fused-ring (bicyclic) bond motifs is 1. The Hall–Kier alpha value is -0.780. The largest absolute Gasteiger partial charge is 0.377 e. The van der Waals surface area contributed by atoms with Crippen LogP contribution in [0.15, 0.2) is 17.0 Å². The van der Waals surface area contributed by atoms with Gasteiger partial charge in [0.25, 0.3) is 0 Å². The van der Waals surface area contributed by atoms with Crippen LogP contribution in [0.4, 0.5) is 10.1 Å². The van der Waals surface area contributed by atoms with Gasteiger partial charge in [0.05, 0.1) is 6.04 Å². The maximum Gasteiger partial charge on any atom is 0.137 e. The fraction of sp³-hybridized carbons (Fsp3) is 0.571. The van der Waals surface area contributed by atoms with Gasteiger partial charge >= 0.3 is 0 Å². The van der Waals surface area contributed by atoms with E-state index in [1.807, 2.05) is 12.3 Å². The zero-order chi connectivity index (χ0) is 14.0. The summed E-state index contributed by atoms with van der Waals surface area (Å²) in [6.07, 6.45) is 2.81. The number of benzene rings is 1. The summed E-state index contributed by atoms with van der Waals surface area (Å²) in [4.78, 5) is 0.695. The standard InChI is InChI=1S/C14H22FN3S/c1-14(2,4-5-16)17-8-12-9-6-10(15)13(19-3)7-11(9)18-12/h6-7,12,17-18H,4-5,8,16H2,1-3H3. The molecule has 0 aromatic heterocycles. The van der Waals surface area contributed by atoms with Crippen molar-refractivity contribution in [3.05, 3.63) is 23.5 Å². The van der Waals surface area contributed by atoms with E-state index in [0.29, 0.717) is 11.4 Å². The highest BCUT2D eigenvalue weighted by molar-refractivity contribution is 7.98. The predicted molar refractivity (Wildman–Crippen MR) is 80.3 cm³/mol. The van der Waals surface area contributed by atoms with Gasteiger partial charge in [0.1, 0.15) is 5.82 Å². The van der Waals surface area contributed by atoms with Crippen molar-refractivity contribution < 1.29 is 4.39 Å². The molecule has 5 heteroatoms. The van der Waals surface area contributed by atoms with Crippen LogP contribution < -0.4 is 16.4 Å². The summed E-state index contributed by atoms with van der Waals surface area (Å²) >= 11 is 1.43. The van der Waals surface area contributed by atoms with Crippen molar-refractivity contribution in [1.82, 2.24) is 5.32 Å². The number of thioether (sulfide) groups is 1. The SMILES string of the molecule is CSc1cc2c(cc1F)C(CNC(C)(C)CCN)N2. The fourth-order valence-corrected chi connectivity index (χ4v) is 2.80. The summed E-state index contributed by atoms with van der Waals surface area (Å²) in [6.45, 7) is 5.73. The molecule has 3 nitrogen and oxygen atoms in total. The molecule has 4 N–H and O–H groups in total. The number of rotatable bonds is 6. The van der Waals surface area contributed by atoms with Crippen molar-refractivity contribution in [1.29, 1.82) is 0 Å². The number of anilines is 1. The number of nitrogens with two attached hydrogens (primary N) is 1. The smallest absolute Gasteiger partial charge is 0.137 e. The number of hydrogen-bond acceptors (Lipinski definition) is 4. The Kier molecular flexibility index (Phi) is 4.38. The molecule has 0 spiro atoms. The Morgan fingerprint density at radius 3 is 2.84 bits per heavy atom. The zero-order valence-electron chi connectivity index (χ0n) is 11.7. The van der Waals surface area contributed by atoms with Gasteiger partial charge in [-0.15, -0.1) is 11.8 Å². The summed E-state index contributed by atoms with van der Waals surface area (Å²) in [6, 6.07) is 3.73. The molecule has 1 aliphatic heterocycles. The molecule has 1 aliphatic rings. The third-order valence-electron chi connectivity index (χ3n) is 3.58. The van der Waals surface area contributed by atoms with E-state index in [-0.39, 0.29) is 17.4 Å². The first kappa shape index (κ1) is 14.6. The van der Waals surface area contributed by atoms with Gasteiger partial charge in [-0.3, -0.25) is 0 Å². The zero-order valence-corrected chi connectivity index (χ0v) is 12.5. The van der Waals surface area contributed by atoms with E-state index >= 15 is 0 Å². The van der Waals surface area contributed by atoms with Gasteiger partial charge in [0, 0.05) is 28.2 Å². The topological polar surface area (TPSA) is 50.1 Å². The first-order valence-corrected chi connectivity index (χ1v) is 7.78. The van der Waals surface area contributed by atoms with Crippen LogP contribution >= 0.6 is 11.8 Å². The van der Waals surface area contributed by atoms with Gasteiger partial charge in [-0.1, -0.05) is 0 Å². The molecule has 19 heavy (non-hydrogen) atoms. The molecule has 0 saturated heterocycles. The van der Waals surface area contributed by atoms with Crippen molar-refractivity contribution in [2.45, 2.75) is 36.7 Å². The van der Waals surface area contributed by atoms with E-state index in [0.717, 1.165) is 24.2 Å². The minimum absolute atomic E-state index is 0.0178. The van der Waals surface area contributed by atoms with Gasteiger partial charge in [0.2, 0.25) is 0 Å². The van der Waals surface area contributed by atoms with Crippen LogP contribution in [0.25, 0.3) is 0 Å². The Labute approximate surface area is 118 Å². The highest BCUT2D eigenvalue weighted by atomic mass is 32.2. The molecular weight excluding hydrogens is 261 g/mol. The summed E-state index contributed by atoms with van der Waals surface area (Å²) in [5.41, 5.74) is 7.72. The van der Waals surface area contributed by atoms with Crippen molar-refractivity contribution in [2.75, 3.05) is 24.7 Å². The van der Waals surface area contributed by atoms with Crippen LogP contribution in [0, 0.1) is 5.82 Å². The van der Waals surface area contributed by atoms with Crippen LogP contribution in [0.3, 0.4) is 0 Å². The minimum atomic E-state index is -0.126. The molecule has 1 unspecified atom stereocenters. The number of halogens is 1. The third kappa shape index (κ3) is 3.22. The summed E-state index contributed by atoms with van der Waals surface area (Å²) < 4.78 is 13.7. The molecule has 1 heterocycles. The Morgan fingerprint density at radius 2 is 2.21 bits per heavy atom. The third-order valence-corrected chi connectivity index (χ3v) is 4.34. The van der Waals surface area contributed by atoms with Crippen molar-refractivity contribution in [3.63, 3.8) is 0 Å². The predicted octanol–water partition coefficient (Wildman–Crippen LogP) is 2.73. The number of nitrogens with one attached hydrogen (secondary N) is 2. The monoisotopic (exact) mass is 283 g/mol. The second-order valence-electron chi connectivity index (χ2n) is 5.57. The summed E-state index contributed by atoms with van der Waals surface area (Å²) in [5, 5.41) is 6.85. The van der Waals surface area contributed by atoms with Crippen LogP contribution in [0.1, 0.15) is 31.9 Å². The fourth-order valence-electron chi connectivity index (χ4n) is 2.31. The van der Waals surface area contributed by atoms with E-state index in [4.69, 9.17) is 5.73 Å². The first-order chi connectivity index (χ1) is 8.96. The molecule has 106 valence electrons. The maximum absolute atomic E-state index is 13.7. The average molecular weight is 283 g/mol. The lowest BCUT2D eigenvalue weighted by Crippen LogP contribution is -2.45. The normalized spacial score (nSPS) is 17.6. The highest BCUT2D eigenvalue weighted by Gasteiger charge is 2.28. The summed E-state index contributed by atoms with van der Waals surface area (Å²) in [5.74, 6) is -0.126. The van der Waals surface area contributed by atoms with Crippen molar-refractivity contribution >= 4 is 17.4 Å². The van der Waals surface area contributed by atoms with Crippen molar-refractivity contribution in [2.24, 2.45) is 5.73 Å². The quantitative estimate of drug-likeness (QED) is 0.703. The Bertz CT molecular complexity index is 462. The van der Waals surface area contributed by atoms with Crippen LogP contribution in [0.5, 0.6) is 0 Å². The average Bonchev–Trinajstić information content (AvgIpc) is 2.33. The first-order valence-electron chi connectivity index (χ1n) is 6.56. The van der Waals surface area contributed by atoms with Gasteiger partial charge in [0.15, 0.2) is 0 Å². The van der Waals surface area contributed by atoms with Crippen LogP contribution in [0.2, 0.25) is 0 Å². The summed E-state index contributed by atoms with van der Waals surface area (Å²) in [7, 11) is 0. The molecule has 2 rings (SSSR count). The van der Waals surface area contributed by atoms with Crippen LogP contribution in [-0.2, 0) is 0 Å². The van der Waals surface area contributed by atoms with Gasteiger partial charge in [-0.2, -0.15) is 0 Å². The highest BCUT2D eigenvalue weighted by Crippen LogP contribution is 2.39. The van der Waals surface area contributed by atoms with E-state index < -0.39 is 0 Å². The maximum atomic E-state index is 13.7. The molecule has 0 bridgehead atoms. The van der Waals surface area contributed by atoms with Crippen LogP contribution in [-0.4, -0.2) is 24.9 Å². The molecule has 1 aromatic rings. The molecule has 0 amide bonds. The lowest BCUT2D eigenvalue weighted by molar-refractivity contribution is 0.357. The Morgan fingerprint density at radius 1 is 1.47 bits per heavy atom. The molecule has 0 aliphatic carbocycles. The molecule has 0 radical (unpaired) electrons. The Balaban J connectivity index is 1.98. The molecule has 1 aromatic carbocycles. The molecule has 0 saturated carbocycles. The minimum Gasteiger partial charge on any atom is -0.377 e. The lowest BCUT2D eigenvalue weighted by atomic mass is 9.94. The van der Waals surface area contributed by atoms with Gasteiger partial charge < -0.3 is 16.4 Å². The molecule has 0 fully saturated rings. The lowest BCUT2D eigenvalue weighted by Gasteiger charge is -2.36. The van der Waals surface area contributed by atoms with E-state index in [1.165, 1.54) is 11.8 Å². The second kappa shape index (κ2) is 5.69. The molecule has 1 atom stereocenters. The molecular formula is C14H22FN3S. The van der Waals surface area contributed by atoms with E-state index in [1.54, 1.807) is 6.07 Å². The van der Waals surface area contributed by atoms with E-state index in [2.05, 4.69) is 24.5 Å².